The van der Waals surface area contributed by atoms with Gasteiger partial charge in [0, 0.05) is 40.3 Å². The van der Waals surface area contributed by atoms with Gasteiger partial charge in [-0.15, -0.1) is 22.7 Å². The molecule has 0 fully saturated rings. The van der Waals surface area contributed by atoms with Crippen LogP contribution in [0.5, 0.6) is 0 Å². The lowest BCUT2D eigenvalue weighted by Gasteiger charge is -2.18. The number of thiophene rings is 2. The Kier molecular flexibility index (Phi) is 6.09. The number of hydrogen-bond acceptors (Lipinski definition) is 2. The molecule has 2 heteroatoms. The Bertz CT molecular complexity index is 3080. The van der Waals surface area contributed by atoms with E-state index < -0.39 is 0 Å². The van der Waals surface area contributed by atoms with Gasteiger partial charge in [0.25, 0.3) is 0 Å². The van der Waals surface area contributed by atoms with Crippen molar-refractivity contribution in [2.75, 3.05) is 0 Å². The van der Waals surface area contributed by atoms with Crippen LogP contribution in [0.15, 0.2) is 170 Å². The van der Waals surface area contributed by atoms with E-state index in [1.54, 1.807) is 0 Å². The molecule has 0 aliphatic carbocycles. The summed E-state index contributed by atoms with van der Waals surface area (Å²) >= 11 is 3.79. The zero-order chi connectivity index (χ0) is 32.8. The fraction of sp³-hybridized carbons (Fsp3) is 0. The highest BCUT2D eigenvalue weighted by atomic mass is 32.1. The Labute approximate surface area is 297 Å². The first kappa shape index (κ1) is 28.1. The van der Waals surface area contributed by atoms with E-state index in [-0.39, 0.29) is 0 Å². The van der Waals surface area contributed by atoms with Crippen molar-refractivity contribution in [3.05, 3.63) is 170 Å². The molecule has 0 bridgehead atoms. The summed E-state index contributed by atoms with van der Waals surface area (Å²) in [7, 11) is 0. The molecule has 0 unspecified atom stereocenters. The number of fused-ring (bicyclic) bond motifs is 9. The Hall–Kier alpha value is -5.80. The fourth-order valence-corrected chi connectivity index (χ4v) is 10.4. The summed E-state index contributed by atoms with van der Waals surface area (Å²) in [6.45, 7) is 0. The minimum atomic E-state index is 1.23. The van der Waals surface area contributed by atoms with Crippen molar-refractivity contribution in [2.45, 2.75) is 0 Å². The van der Waals surface area contributed by atoms with Crippen molar-refractivity contribution in [1.82, 2.24) is 0 Å². The van der Waals surface area contributed by atoms with E-state index >= 15 is 0 Å². The van der Waals surface area contributed by atoms with Crippen molar-refractivity contribution in [3.63, 3.8) is 0 Å². The van der Waals surface area contributed by atoms with Crippen LogP contribution in [0.3, 0.4) is 0 Å². The fourth-order valence-electron chi connectivity index (χ4n) is 8.13. The second-order valence-electron chi connectivity index (χ2n) is 13.2. The maximum absolute atomic E-state index is 2.42. The molecule has 50 heavy (non-hydrogen) atoms. The molecule has 232 valence electrons. The molecule has 9 aromatic carbocycles. The molecular formula is C48H28S2. The quantitative estimate of drug-likeness (QED) is 0.164. The summed E-state index contributed by atoms with van der Waals surface area (Å²) in [5, 5.41) is 13.1. The van der Waals surface area contributed by atoms with Gasteiger partial charge >= 0.3 is 0 Å². The van der Waals surface area contributed by atoms with Crippen LogP contribution in [-0.4, -0.2) is 0 Å². The van der Waals surface area contributed by atoms with Crippen molar-refractivity contribution >= 4 is 95.3 Å². The molecule has 0 saturated heterocycles. The standard InChI is InChI=1S/C48H28S2/c1-2-11-29(12-3-1)47-36-16-4-6-18-38(36)48(39-19-7-5-17-37(39)47)32-14-10-13-30(23-32)31-21-22-44-41(24-31)42-26-34-27-45-40(25-33(34)28-46(42)50-44)35-15-8-9-20-43(35)49-45/h1-28H. The molecule has 2 heterocycles. The summed E-state index contributed by atoms with van der Waals surface area (Å²) in [5.41, 5.74) is 7.55. The zero-order valence-corrected chi connectivity index (χ0v) is 28.6. The first-order valence-corrected chi connectivity index (χ1v) is 18.7. The summed E-state index contributed by atoms with van der Waals surface area (Å²) in [6, 6.07) is 63.2. The number of rotatable bonds is 3. The van der Waals surface area contributed by atoms with Crippen LogP contribution in [-0.2, 0) is 0 Å². The van der Waals surface area contributed by atoms with Crippen molar-refractivity contribution in [2.24, 2.45) is 0 Å². The molecule has 0 saturated carbocycles. The third-order valence-electron chi connectivity index (χ3n) is 10.4. The number of benzene rings is 9. The molecule has 0 aliphatic heterocycles. The normalized spacial score (nSPS) is 12.0. The SMILES string of the molecule is c1ccc(-c2c3ccccc3c(-c3cccc(-c4ccc5sc6cc7cc8c(cc7cc6c5c4)sc4ccccc48)c3)c3ccccc23)cc1. The van der Waals surface area contributed by atoms with Gasteiger partial charge in [-0.1, -0.05) is 121 Å². The summed E-state index contributed by atoms with van der Waals surface area (Å²) in [4.78, 5) is 0. The molecule has 11 rings (SSSR count). The lowest BCUT2D eigenvalue weighted by Crippen LogP contribution is -1.91. The van der Waals surface area contributed by atoms with E-state index in [4.69, 9.17) is 0 Å². The topological polar surface area (TPSA) is 0 Å². The molecular weight excluding hydrogens is 641 g/mol. The Morgan fingerprint density at radius 2 is 0.700 bits per heavy atom. The van der Waals surface area contributed by atoms with E-state index in [1.807, 2.05) is 22.7 Å². The van der Waals surface area contributed by atoms with Crippen LogP contribution in [0, 0.1) is 0 Å². The van der Waals surface area contributed by atoms with E-state index in [9.17, 15) is 0 Å². The van der Waals surface area contributed by atoms with Crippen LogP contribution in [0.2, 0.25) is 0 Å². The smallest absolute Gasteiger partial charge is 0.0361 e. The average molecular weight is 669 g/mol. The summed E-state index contributed by atoms with van der Waals surface area (Å²) in [6.07, 6.45) is 0. The van der Waals surface area contributed by atoms with E-state index in [0.717, 1.165) is 0 Å². The zero-order valence-electron chi connectivity index (χ0n) is 27.0. The third kappa shape index (κ3) is 4.23. The minimum absolute atomic E-state index is 1.23. The first-order chi connectivity index (χ1) is 24.8. The Morgan fingerprint density at radius 1 is 0.240 bits per heavy atom. The molecule has 0 radical (unpaired) electrons. The third-order valence-corrected chi connectivity index (χ3v) is 12.7. The molecule has 0 spiro atoms. The molecule has 0 nitrogen and oxygen atoms in total. The van der Waals surface area contributed by atoms with Gasteiger partial charge in [0.15, 0.2) is 0 Å². The predicted octanol–water partition coefficient (Wildman–Crippen LogP) is 14.9. The lowest BCUT2D eigenvalue weighted by molar-refractivity contribution is 1.63. The van der Waals surface area contributed by atoms with Crippen LogP contribution in [0.1, 0.15) is 0 Å². The lowest BCUT2D eigenvalue weighted by atomic mass is 9.85. The van der Waals surface area contributed by atoms with E-state index in [2.05, 4.69) is 170 Å². The van der Waals surface area contributed by atoms with E-state index in [0.29, 0.717) is 0 Å². The van der Waals surface area contributed by atoms with Gasteiger partial charge in [0.2, 0.25) is 0 Å². The average Bonchev–Trinajstić information content (AvgIpc) is 3.72. The minimum Gasteiger partial charge on any atom is -0.135 e. The number of hydrogen-bond donors (Lipinski definition) is 0. The van der Waals surface area contributed by atoms with Crippen LogP contribution < -0.4 is 0 Å². The summed E-state index contributed by atoms with van der Waals surface area (Å²) < 4.78 is 5.38. The molecule has 0 aliphatic rings. The highest BCUT2D eigenvalue weighted by molar-refractivity contribution is 7.26. The Balaban J connectivity index is 1.09. The predicted molar refractivity (Wildman–Crippen MR) is 221 cm³/mol. The largest absolute Gasteiger partial charge is 0.135 e. The van der Waals surface area contributed by atoms with Gasteiger partial charge in [-0.25, -0.2) is 0 Å². The van der Waals surface area contributed by atoms with Gasteiger partial charge in [-0.05, 0) is 114 Å². The highest BCUT2D eigenvalue weighted by Gasteiger charge is 2.17. The van der Waals surface area contributed by atoms with Crippen LogP contribution in [0.25, 0.3) is 106 Å². The first-order valence-electron chi connectivity index (χ1n) is 17.1. The second kappa shape index (κ2) is 10.9. The van der Waals surface area contributed by atoms with E-state index in [1.165, 1.54) is 106 Å². The van der Waals surface area contributed by atoms with Crippen molar-refractivity contribution in [3.8, 4) is 33.4 Å². The van der Waals surface area contributed by atoms with Gasteiger partial charge < -0.3 is 0 Å². The molecule has 0 amide bonds. The molecule has 11 aromatic rings. The maximum atomic E-state index is 2.42. The maximum Gasteiger partial charge on any atom is 0.0361 e. The van der Waals surface area contributed by atoms with Gasteiger partial charge in [0.05, 0.1) is 0 Å². The van der Waals surface area contributed by atoms with Crippen molar-refractivity contribution < 1.29 is 0 Å². The summed E-state index contributed by atoms with van der Waals surface area (Å²) in [5.74, 6) is 0. The second-order valence-corrected chi connectivity index (χ2v) is 15.4. The van der Waals surface area contributed by atoms with Gasteiger partial charge in [0.1, 0.15) is 0 Å². The monoisotopic (exact) mass is 668 g/mol. The van der Waals surface area contributed by atoms with Crippen LogP contribution >= 0.6 is 22.7 Å². The van der Waals surface area contributed by atoms with Gasteiger partial charge in [-0.2, -0.15) is 0 Å². The Morgan fingerprint density at radius 3 is 1.36 bits per heavy atom. The molecule has 0 N–H and O–H groups in total. The highest BCUT2D eigenvalue weighted by Crippen LogP contribution is 2.45. The molecule has 2 aromatic heterocycles. The van der Waals surface area contributed by atoms with Crippen molar-refractivity contribution in [1.29, 1.82) is 0 Å². The van der Waals surface area contributed by atoms with Gasteiger partial charge in [-0.3, -0.25) is 0 Å². The van der Waals surface area contributed by atoms with Crippen LogP contribution in [0.4, 0.5) is 0 Å². The molecule has 0 atom stereocenters.